The predicted octanol–water partition coefficient (Wildman–Crippen LogP) is 3.01. The number of nitrogens with zero attached hydrogens (tertiary/aromatic N) is 1. The molecule has 22 heavy (non-hydrogen) atoms. The molecule has 1 atom stereocenters. The standard InChI is InChI=1S/C17H16N2O3/c20-16(21)11-10-14-17(22)19(12-6-2-1-3-7-12)15-9-5-4-8-13(15)18-14/h1-9,14,18H,10-11H2,(H,20,21)/t14-/m1/s1. The number of hydrogen-bond donors (Lipinski definition) is 2. The van der Waals surface area contributed by atoms with Crippen molar-refractivity contribution in [2.24, 2.45) is 0 Å². The van der Waals surface area contributed by atoms with E-state index in [4.69, 9.17) is 5.11 Å². The number of carbonyl (C=O) groups is 2. The molecule has 2 aromatic carbocycles. The zero-order valence-electron chi connectivity index (χ0n) is 11.9. The average molecular weight is 296 g/mol. The molecule has 0 aromatic heterocycles. The predicted molar refractivity (Wildman–Crippen MR) is 84.3 cm³/mol. The number of para-hydroxylation sites is 3. The minimum absolute atomic E-state index is 0.0474. The van der Waals surface area contributed by atoms with Crippen LogP contribution in [0.25, 0.3) is 0 Å². The first kappa shape index (κ1) is 14.1. The van der Waals surface area contributed by atoms with Gasteiger partial charge in [-0.25, -0.2) is 0 Å². The van der Waals surface area contributed by atoms with Crippen molar-refractivity contribution < 1.29 is 14.7 Å². The van der Waals surface area contributed by atoms with E-state index in [1.54, 1.807) is 4.90 Å². The molecule has 0 saturated heterocycles. The van der Waals surface area contributed by atoms with Crippen LogP contribution in [0, 0.1) is 0 Å². The number of anilines is 3. The molecule has 2 N–H and O–H groups in total. The first-order valence-corrected chi connectivity index (χ1v) is 7.13. The highest BCUT2D eigenvalue weighted by Crippen LogP contribution is 2.37. The summed E-state index contributed by atoms with van der Waals surface area (Å²) in [6, 6.07) is 16.4. The number of aliphatic carboxylic acids is 1. The van der Waals surface area contributed by atoms with Gasteiger partial charge in [-0.2, -0.15) is 0 Å². The first-order valence-electron chi connectivity index (χ1n) is 7.13. The Hall–Kier alpha value is -2.82. The Labute approximate surface area is 128 Å². The van der Waals surface area contributed by atoms with Crippen LogP contribution in [0.3, 0.4) is 0 Å². The Bertz CT molecular complexity index is 700. The summed E-state index contributed by atoms with van der Waals surface area (Å²) in [5.41, 5.74) is 2.40. The van der Waals surface area contributed by atoms with Crippen molar-refractivity contribution in [3.05, 3.63) is 54.6 Å². The second kappa shape index (κ2) is 5.89. The Morgan fingerprint density at radius 1 is 1.09 bits per heavy atom. The quantitative estimate of drug-likeness (QED) is 0.910. The van der Waals surface area contributed by atoms with Crippen molar-refractivity contribution in [1.82, 2.24) is 0 Å². The molecule has 0 aliphatic carbocycles. The number of benzene rings is 2. The number of carboxylic acid groups (broad SMARTS) is 1. The molecule has 1 heterocycles. The van der Waals surface area contributed by atoms with Crippen LogP contribution in [0.15, 0.2) is 54.6 Å². The summed E-state index contributed by atoms with van der Waals surface area (Å²) in [7, 11) is 0. The lowest BCUT2D eigenvalue weighted by Crippen LogP contribution is -2.45. The number of carboxylic acids is 1. The van der Waals surface area contributed by atoms with Crippen LogP contribution in [0.5, 0.6) is 0 Å². The number of amides is 1. The van der Waals surface area contributed by atoms with Gasteiger partial charge in [-0.3, -0.25) is 14.5 Å². The molecular formula is C17H16N2O3. The number of hydrogen-bond acceptors (Lipinski definition) is 3. The summed E-state index contributed by atoms with van der Waals surface area (Å²) in [6.07, 6.45) is 0.208. The molecule has 1 amide bonds. The fourth-order valence-corrected chi connectivity index (χ4v) is 2.62. The Kier molecular flexibility index (Phi) is 3.78. The van der Waals surface area contributed by atoms with Gasteiger partial charge in [0.15, 0.2) is 0 Å². The van der Waals surface area contributed by atoms with Crippen LogP contribution in [0.2, 0.25) is 0 Å². The lowest BCUT2D eigenvalue weighted by atomic mass is 10.0. The van der Waals surface area contributed by atoms with Gasteiger partial charge in [0, 0.05) is 12.1 Å². The molecule has 0 bridgehead atoms. The molecule has 0 spiro atoms. The molecule has 5 heteroatoms. The highest BCUT2D eigenvalue weighted by atomic mass is 16.4. The van der Waals surface area contributed by atoms with E-state index in [0.717, 1.165) is 17.1 Å². The van der Waals surface area contributed by atoms with Gasteiger partial charge >= 0.3 is 5.97 Å². The van der Waals surface area contributed by atoms with Crippen molar-refractivity contribution in [3.8, 4) is 0 Å². The fraction of sp³-hybridized carbons (Fsp3) is 0.176. The van der Waals surface area contributed by atoms with E-state index in [1.807, 2.05) is 54.6 Å². The largest absolute Gasteiger partial charge is 0.481 e. The third-order valence-electron chi connectivity index (χ3n) is 3.65. The average Bonchev–Trinajstić information content (AvgIpc) is 2.53. The van der Waals surface area contributed by atoms with Crippen molar-refractivity contribution >= 4 is 28.9 Å². The van der Waals surface area contributed by atoms with Crippen LogP contribution in [-0.2, 0) is 9.59 Å². The van der Waals surface area contributed by atoms with Crippen LogP contribution in [0.1, 0.15) is 12.8 Å². The first-order chi connectivity index (χ1) is 10.7. The number of fused-ring (bicyclic) bond motifs is 1. The minimum Gasteiger partial charge on any atom is -0.481 e. The van der Waals surface area contributed by atoms with Crippen molar-refractivity contribution in [2.45, 2.75) is 18.9 Å². The van der Waals surface area contributed by atoms with Gasteiger partial charge < -0.3 is 10.4 Å². The maximum Gasteiger partial charge on any atom is 0.303 e. The lowest BCUT2D eigenvalue weighted by Gasteiger charge is -2.35. The van der Waals surface area contributed by atoms with E-state index in [1.165, 1.54) is 0 Å². The van der Waals surface area contributed by atoms with Gasteiger partial charge in [0.25, 0.3) is 5.91 Å². The van der Waals surface area contributed by atoms with E-state index in [0.29, 0.717) is 0 Å². The molecular weight excluding hydrogens is 280 g/mol. The summed E-state index contributed by atoms with van der Waals surface area (Å²) >= 11 is 0. The zero-order chi connectivity index (χ0) is 15.5. The van der Waals surface area contributed by atoms with E-state index in [-0.39, 0.29) is 18.7 Å². The Morgan fingerprint density at radius 2 is 1.77 bits per heavy atom. The third-order valence-corrected chi connectivity index (χ3v) is 3.65. The van der Waals surface area contributed by atoms with Gasteiger partial charge in [-0.05, 0) is 30.7 Å². The molecule has 2 aromatic rings. The van der Waals surface area contributed by atoms with Crippen LogP contribution in [-0.4, -0.2) is 23.0 Å². The Balaban J connectivity index is 1.99. The van der Waals surface area contributed by atoms with Crippen LogP contribution >= 0.6 is 0 Å². The highest BCUT2D eigenvalue weighted by Gasteiger charge is 2.33. The summed E-state index contributed by atoms with van der Waals surface area (Å²) in [5.74, 6) is -1.04. The number of nitrogens with one attached hydrogen (secondary N) is 1. The maximum atomic E-state index is 12.8. The van der Waals surface area contributed by atoms with Gasteiger partial charge in [-0.15, -0.1) is 0 Å². The highest BCUT2D eigenvalue weighted by molar-refractivity contribution is 6.10. The van der Waals surface area contributed by atoms with Gasteiger partial charge in [0.2, 0.25) is 0 Å². The van der Waals surface area contributed by atoms with Crippen LogP contribution < -0.4 is 10.2 Å². The molecule has 3 rings (SSSR count). The molecule has 0 unspecified atom stereocenters. The SMILES string of the molecule is O=C(O)CC[C@H]1Nc2ccccc2N(c2ccccc2)C1=O. The molecule has 1 aliphatic heterocycles. The zero-order valence-corrected chi connectivity index (χ0v) is 11.9. The van der Waals surface area contributed by atoms with E-state index in [9.17, 15) is 9.59 Å². The fourth-order valence-electron chi connectivity index (χ4n) is 2.62. The van der Waals surface area contributed by atoms with Gasteiger partial charge in [-0.1, -0.05) is 30.3 Å². The van der Waals surface area contributed by atoms with Gasteiger partial charge in [0.1, 0.15) is 6.04 Å². The molecule has 0 saturated carbocycles. The van der Waals surface area contributed by atoms with E-state index >= 15 is 0 Å². The van der Waals surface area contributed by atoms with Crippen molar-refractivity contribution in [2.75, 3.05) is 10.2 Å². The van der Waals surface area contributed by atoms with Gasteiger partial charge in [0.05, 0.1) is 11.4 Å². The lowest BCUT2D eigenvalue weighted by molar-refractivity contribution is -0.137. The second-order valence-corrected chi connectivity index (χ2v) is 5.16. The molecule has 0 fully saturated rings. The smallest absolute Gasteiger partial charge is 0.303 e. The van der Waals surface area contributed by atoms with Crippen LogP contribution in [0.4, 0.5) is 17.1 Å². The topological polar surface area (TPSA) is 69.6 Å². The molecule has 112 valence electrons. The number of rotatable bonds is 4. The third kappa shape index (κ3) is 2.65. The molecule has 5 nitrogen and oxygen atoms in total. The van der Waals surface area contributed by atoms with E-state index in [2.05, 4.69) is 5.32 Å². The van der Waals surface area contributed by atoms with Crippen molar-refractivity contribution in [1.29, 1.82) is 0 Å². The summed E-state index contributed by atoms with van der Waals surface area (Å²) in [6.45, 7) is 0. The second-order valence-electron chi connectivity index (χ2n) is 5.16. The molecule has 1 aliphatic rings. The number of carbonyl (C=O) groups excluding carboxylic acids is 1. The maximum absolute atomic E-state index is 12.8. The van der Waals surface area contributed by atoms with E-state index < -0.39 is 12.0 Å². The monoisotopic (exact) mass is 296 g/mol. The summed E-state index contributed by atoms with van der Waals surface area (Å²) < 4.78 is 0. The Morgan fingerprint density at radius 3 is 2.50 bits per heavy atom. The minimum atomic E-state index is -0.903. The van der Waals surface area contributed by atoms with Crippen molar-refractivity contribution in [3.63, 3.8) is 0 Å². The molecule has 0 radical (unpaired) electrons. The normalized spacial score (nSPS) is 16.8. The summed E-state index contributed by atoms with van der Waals surface area (Å²) in [4.78, 5) is 25.2. The summed E-state index contributed by atoms with van der Waals surface area (Å²) in [5, 5.41) is 12.0.